The summed E-state index contributed by atoms with van der Waals surface area (Å²) in [6, 6.07) is 21.0. The van der Waals surface area contributed by atoms with Crippen LogP contribution < -0.4 is 0 Å². The van der Waals surface area contributed by atoms with Crippen molar-refractivity contribution in [2.24, 2.45) is 5.92 Å². The molecule has 170 valence electrons. The molecule has 1 saturated heterocycles. The van der Waals surface area contributed by atoms with Crippen LogP contribution in [0.2, 0.25) is 0 Å². The van der Waals surface area contributed by atoms with Crippen LogP contribution in [0.1, 0.15) is 28.8 Å². The molecule has 1 atom stereocenters. The van der Waals surface area contributed by atoms with Gasteiger partial charge >= 0.3 is 0 Å². The van der Waals surface area contributed by atoms with E-state index in [0.29, 0.717) is 17.5 Å². The van der Waals surface area contributed by atoms with E-state index in [2.05, 4.69) is 6.07 Å². The Labute approximate surface area is 197 Å². The molecular weight excluding hydrogens is 451 g/mol. The summed E-state index contributed by atoms with van der Waals surface area (Å²) in [5.41, 5.74) is 4.31. The van der Waals surface area contributed by atoms with Crippen LogP contribution in [0, 0.1) is 23.1 Å². The lowest BCUT2D eigenvalue weighted by Crippen LogP contribution is -2.10. The predicted molar refractivity (Wildman–Crippen MR) is 129 cm³/mol. The number of carbonyl (C=O) groups excluding carboxylic acids is 1. The average molecular weight is 473 g/mol. The summed E-state index contributed by atoms with van der Waals surface area (Å²) in [6.07, 6.45) is 2.63. The van der Waals surface area contributed by atoms with Gasteiger partial charge in [0.2, 0.25) is 0 Å². The van der Waals surface area contributed by atoms with Crippen LogP contribution in [-0.4, -0.2) is 30.3 Å². The van der Waals surface area contributed by atoms with Gasteiger partial charge in [0.25, 0.3) is 0 Å². The number of fused-ring (bicyclic) bond motifs is 1. The highest BCUT2D eigenvalue weighted by atomic mass is 32.2. The molecule has 0 aliphatic carbocycles. The lowest BCUT2D eigenvalue weighted by molar-refractivity contribution is 0.0966. The van der Waals surface area contributed by atoms with Gasteiger partial charge < -0.3 is 4.57 Å². The van der Waals surface area contributed by atoms with E-state index in [-0.39, 0.29) is 35.4 Å². The Kier molecular flexibility index (Phi) is 5.54. The van der Waals surface area contributed by atoms with Gasteiger partial charge in [-0.2, -0.15) is 5.26 Å². The van der Waals surface area contributed by atoms with Crippen molar-refractivity contribution < 1.29 is 17.6 Å². The van der Waals surface area contributed by atoms with Crippen molar-refractivity contribution in [2.45, 2.75) is 12.8 Å². The third-order valence-corrected chi connectivity index (χ3v) is 8.17. The van der Waals surface area contributed by atoms with Crippen molar-refractivity contribution in [3.05, 3.63) is 89.9 Å². The Morgan fingerprint density at radius 1 is 1.09 bits per heavy atom. The maximum Gasteiger partial charge on any atom is 0.163 e. The molecule has 0 amide bonds. The smallest absolute Gasteiger partial charge is 0.163 e. The second-order valence-corrected chi connectivity index (χ2v) is 10.9. The number of halogens is 1. The molecule has 0 bridgehead atoms. The van der Waals surface area contributed by atoms with Gasteiger partial charge in [-0.25, -0.2) is 12.8 Å². The molecule has 0 radical (unpaired) electrons. The minimum absolute atomic E-state index is 0.0618. The zero-order chi connectivity index (χ0) is 23.9. The summed E-state index contributed by atoms with van der Waals surface area (Å²) in [4.78, 5) is 13.0. The van der Waals surface area contributed by atoms with Crippen LogP contribution in [0.25, 0.3) is 27.7 Å². The van der Waals surface area contributed by atoms with E-state index >= 15 is 0 Å². The molecule has 4 aromatic rings. The van der Waals surface area contributed by atoms with Crippen LogP contribution >= 0.6 is 0 Å². The van der Waals surface area contributed by atoms with Crippen LogP contribution in [-0.2, 0) is 9.84 Å². The number of nitrogens with zero attached hydrogens (tertiary/aromatic N) is 2. The molecule has 0 N–H and O–H groups in total. The van der Waals surface area contributed by atoms with Gasteiger partial charge in [-0.15, -0.1) is 0 Å². The highest BCUT2D eigenvalue weighted by molar-refractivity contribution is 7.91. The quantitative estimate of drug-likeness (QED) is 0.369. The zero-order valence-corrected chi connectivity index (χ0v) is 19.1. The van der Waals surface area contributed by atoms with Crippen LogP contribution in [0.15, 0.2) is 72.9 Å². The summed E-state index contributed by atoms with van der Waals surface area (Å²) < 4.78 is 39.0. The molecule has 3 aromatic carbocycles. The molecular formula is C27H21FN2O3S. The van der Waals surface area contributed by atoms with Gasteiger partial charge in [0, 0.05) is 34.8 Å². The number of rotatable bonds is 5. The third kappa shape index (κ3) is 4.25. The summed E-state index contributed by atoms with van der Waals surface area (Å²) in [5.74, 6) is -0.385. The van der Waals surface area contributed by atoms with E-state index in [1.807, 2.05) is 41.1 Å². The first kappa shape index (κ1) is 22.1. The Morgan fingerprint density at radius 3 is 2.59 bits per heavy atom. The van der Waals surface area contributed by atoms with Crippen molar-refractivity contribution in [2.75, 3.05) is 11.5 Å². The van der Waals surface area contributed by atoms with Crippen molar-refractivity contribution >= 4 is 26.5 Å². The first-order valence-corrected chi connectivity index (χ1v) is 12.8. The lowest BCUT2D eigenvalue weighted by Gasteiger charge is -2.09. The molecule has 7 heteroatoms. The molecule has 1 aliphatic rings. The number of hydrogen-bond acceptors (Lipinski definition) is 4. The molecule has 1 aromatic heterocycles. The fourth-order valence-corrected chi connectivity index (χ4v) is 6.48. The molecule has 0 saturated carbocycles. The largest absolute Gasteiger partial charge is 0.316 e. The average Bonchev–Trinajstić information content (AvgIpc) is 3.38. The second kappa shape index (κ2) is 8.54. The second-order valence-electron chi connectivity index (χ2n) is 8.71. The predicted octanol–water partition coefficient (Wildman–Crippen LogP) is 5.32. The summed E-state index contributed by atoms with van der Waals surface area (Å²) in [7, 11) is -3.05. The topological polar surface area (TPSA) is 79.9 Å². The molecule has 5 rings (SSSR count). The Hall–Kier alpha value is -3.76. The van der Waals surface area contributed by atoms with E-state index in [9.17, 15) is 22.9 Å². The fourth-order valence-electron chi connectivity index (χ4n) is 4.62. The van der Waals surface area contributed by atoms with Gasteiger partial charge in [-0.3, -0.25) is 4.79 Å². The van der Waals surface area contributed by atoms with Gasteiger partial charge in [-0.1, -0.05) is 24.3 Å². The number of hydrogen-bond donors (Lipinski definition) is 0. The van der Waals surface area contributed by atoms with E-state index in [0.717, 1.165) is 27.7 Å². The zero-order valence-electron chi connectivity index (χ0n) is 18.2. The maximum atomic E-state index is 13.6. The van der Waals surface area contributed by atoms with Crippen molar-refractivity contribution in [1.29, 1.82) is 5.26 Å². The van der Waals surface area contributed by atoms with Crippen LogP contribution in [0.3, 0.4) is 0 Å². The minimum atomic E-state index is -3.05. The fraction of sp³-hybridized carbons (Fsp3) is 0.185. The first-order chi connectivity index (χ1) is 16.3. The number of ketones is 1. The molecule has 0 spiro atoms. The number of carbonyl (C=O) groups is 1. The Bertz CT molecular complexity index is 1560. The number of Topliss-reactive ketones (excluding diaryl/α,β-unsaturated/α-hetero) is 1. The number of benzene rings is 3. The standard InChI is InChI=1S/C27H21FN2O3S/c28-22-5-7-23(8-6-22)30-16-25(20-3-1-2-18(12-20)15-29)24-9-4-21(14-26(24)30)27(31)13-19-10-11-34(32,33)17-19/h1-9,12,14,16,19H,10-11,13,17H2. The first-order valence-electron chi connectivity index (χ1n) is 11.0. The van der Waals surface area contributed by atoms with E-state index in [4.69, 9.17) is 0 Å². The van der Waals surface area contributed by atoms with Gasteiger partial charge in [-0.05, 0) is 60.4 Å². The molecule has 2 heterocycles. The molecule has 1 fully saturated rings. The monoisotopic (exact) mass is 472 g/mol. The molecule has 34 heavy (non-hydrogen) atoms. The van der Waals surface area contributed by atoms with E-state index in [1.54, 1.807) is 24.3 Å². The van der Waals surface area contributed by atoms with Crippen molar-refractivity contribution in [3.8, 4) is 22.9 Å². The van der Waals surface area contributed by atoms with Gasteiger partial charge in [0.05, 0.1) is 28.7 Å². The van der Waals surface area contributed by atoms with Crippen LogP contribution in [0.5, 0.6) is 0 Å². The van der Waals surface area contributed by atoms with E-state index < -0.39 is 9.84 Å². The molecule has 1 unspecified atom stereocenters. The maximum absolute atomic E-state index is 13.6. The lowest BCUT2D eigenvalue weighted by atomic mass is 9.96. The van der Waals surface area contributed by atoms with Gasteiger partial charge in [0.15, 0.2) is 15.6 Å². The summed E-state index contributed by atoms with van der Waals surface area (Å²) in [5, 5.41) is 10.2. The van der Waals surface area contributed by atoms with Crippen molar-refractivity contribution in [3.63, 3.8) is 0 Å². The summed E-state index contributed by atoms with van der Waals surface area (Å²) >= 11 is 0. The Morgan fingerprint density at radius 2 is 1.88 bits per heavy atom. The van der Waals surface area contributed by atoms with E-state index in [1.165, 1.54) is 12.1 Å². The number of nitriles is 1. The number of sulfone groups is 1. The molecule has 5 nitrogen and oxygen atoms in total. The third-order valence-electron chi connectivity index (χ3n) is 6.34. The Balaban J connectivity index is 1.60. The summed E-state index contributed by atoms with van der Waals surface area (Å²) in [6.45, 7) is 0. The highest BCUT2D eigenvalue weighted by Crippen LogP contribution is 2.34. The SMILES string of the molecule is N#Cc1cccc(-c2cn(-c3ccc(F)cc3)c3cc(C(=O)CC4CCS(=O)(=O)C4)ccc23)c1. The minimum Gasteiger partial charge on any atom is -0.316 e. The van der Waals surface area contributed by atoms with Gasteiger partial charge in [0.1, 0.15) is 5.82 Å². The van der Waals surface area contributed by atoms with Crippen LogP contribution in [0.4, 0.5) is 4.39 Å². The normalized spacial score (nSPS) is 17.0. The number of aromatic nitrogens is 1. The molecule has 1 aliphatic heterocycles. The highest BCUT2D eigenvalue weighted by Gasteiger charge is 2.29. The van der Waals surface area contributed by atoms with Crippen molar-refractivity contribution in [1.82, 2.24) is 4.57 Å².